The molecule has 0 radical (unpaired) electrons. The lowest BCUT2D eigenvalue weighted by Gasteiger charge is -2.26. The first kappa shape index (κ1) is 9.11. The summed E-state index contributed by atoms with van der Waals surface area (Å²) in [5.41, 5.74) is -0.00278. The fourth-order valence-corrected chi connectivity index (χ4v) is 2.01. The molecule has 1 aromatic heterocycles. The van der Waals surface area contributed by atoms with Crippen molar-refractivity contribution in [2.75, 3.05) is 26.3 Å². The molecule has 2 saturated heterocycles. The Balaban J connectivity index is 1.89. The molecule has 0 spiro atoms. The molecule has 2 aliphatic heterocycles. The van der Waals surface area contributed by atoms with E-state index in [1.807, 2.05) is 0 Å². The van der Waals surface area contributed by atoms with Gasteiger partial charge in [0.25, 0.3) is 0 Å². The maximum Gasteiger partial charge on any atom is 0.346 e. The van der Waals surface area contributed by atoms with E-state index in [0.717, 1.165) is 26.1 Å². The maximum absolute atomic E-state index is 12.0. The summed E-state index contributed by atoms with van der Waals surface area (Å²) < 4.78 is 8.53. The monoisotopic (exact) mass is 210 g/mol. The van der Waals surface area contributed by atoms with Gasteiger partial charge in [-0.25, -0.2) is 9.48 Å². The van der Waals surface area contributed by atoms with Crippen molar-refractivity contribution in [3.8, 4) is 0 Å². The van der Waals surface area contributed by atoms with Crippen molar-refractivity contribution >= 4 is 0 Å². The molecule has 0 bridgehead atoms. The van der Waals surface area contributed by atoms with Crippen molar-refractivity contribution in [3.63, 3.8) is 0 Å². The summed E-state index contributed by atoms with van der Waals surface area (Å²) in [5.74, 6) is 0. The van der Waals surface area contributed by atoms with Gasteiger partial charge in [-0.15, -0.1) is 0 Å². The normalized spacial score (nSPS) is 26.8. The van der Waals surface area contributed by atoms with E-state index in [-0.39, 0.29) is 17.8 Å². The van der Waals surface area contributed by atoms with Crippen LogP contribution in [0, 0.1) is 0 Å². The van der Waals surface area contributed by atoms with E-state index in [0.29, 0.717) is 6.61 Å². The van der Waals surface area contributed by atoms with Crippen molar-refractivity contribution in [1.29, 1.82) is 0 Å². The van der Waals surface area contributed by atoms with Crippen LogP contribution >= 0.6 is 0 Å². The molecule has 1 aromatic rings. The van der Waals surface area contributed by atoms with Gasteiger partial charge in [0.1, 0.15) is 6.33 Å². The van der Waals surface area contributed by atoms with Gasteiger partial charge in [-0.05, 0) is 6.42 Å². The first-order valence-electron chi connectivity index (χ1n) is 5.30. The summed E-state index contributed by atoms with van der Waals surface area (Å²) in [6, 6.07) is 0.417. The molecule has 0 saturated carbocycles. The number of hydrogen-bond acceptors (Lipinski definition) is 4. The maximum atomic E-state index is 12.0. The Morgan fingerprint density at radius 1 is 1.47 bits per heavy atom. The molecule has 82 valence electrons. The van der Waals surface area contributed by atoms with Gasteiger partial charge in [0.2, 0.25) is 0 Å². The molecule has 3 rings (SSSR count). The predicted molar refractivity (Wildman–Crippen MR) is 52.9 cm³/mol. The standard InChI is InChI=1S/C9H14N4O2/c14-9-12(8-3-10-4-8)6-11-13(9)7-1-2-15-5-7/h6-8,10H,1-5H2/t7-/m1/s1. The average Bonchev–Trinajstić information content (AvgIpc) is 2.74. The Hall–Kier alpha value is -1.14. The minimum absolute atomic E-state index is 0.00278. The van der Waals surface area contributed by atoms with Crippen LogP contribution in [-0.2, 0) is 4.74 Å². The molecule has 2 fully saturated rings. The third kappa shape index (κ3) is 1.40. The van der Waals surface area contributed by atoms with E-state index in [2.05, 4.69) is 10.4 Å². The van der Waals surface area contributed by atoms with E-state index in [9.17, 15) is 4.79 Å². The largest absolute Gasteiger partial charge is 0.379 e. The van der Waals surface area contributed by atoms with Crippen LogP contribution in [0.1, 0.15) is 18.5 Å². The Labute approximate surface area is 86.8 Å². The molecule has 0 amide bonds. The summed E-state index contributed by atoms with van der Waals surface area (Å²) in [6.45, 7) is 3.08. The highest BCUT2D eigenvalue weighted by atomic mass is 16.5. The molecule has 0 aromatic carbocycles. The van der Waals surface area contributed by atoms with Crippen molar-refractivity contribution in [3.05, 3.63) is 16.8 Å². The first-order chi connectivity index (χ1) is 7.36. The van der Waals surface area contributed by atoms with Crippen molar-refractivity contribution < 1.29 is 4.74 Å². The lowest BCUT2D eigenvalue weighted by atomic mass is 10.2. The second-order valence-corrected chi connectivity index (χ2v) is 4.09. The molecule has 15 heavy (non-hydrogen) atoms. The summed E-state index contributed by atoms with van der Waals surface area (Å²) in [6.07, 6.45) is 2.53. The first-order valence-corrected chi connectivity index (χ1v) is 5.30. The van der Waals surface area contributed by atoms with Crippen molar-refractivity contribution in [1.82, 2.24) is 19.7 Å². The molecule has 6 heteroatoms. The van der Waals surface area contributed by atoms with E-state index < -0.39 is 0 Å². The Morgan fingerprint density at radius 2 is 2.33 bits per heavy atom. The van der Waals surface area contributed by atoms with E-state index in [1.165, 1.54) is 0 Å². The third-order valence-electron chi connectivity index (χ3n) is 3.12. The third-order valence-corrected chi connectivity index (χ3v) is 3.12. The zero-order valence-corrected chi connectivity index (χ0v) is 8.43. The van der Waals surface area contributed by atoms with E-state index in [4.69, 9.17) is 4.74 Å². The van der Waals surface area contributed by atoms with Crippen LogP contribution in [0.3, 0.4) is 0 Å². The zero-order chi connectivity index (χ0) is 10.3. The summed E-state index contributed by atoms with van der Waals surface area (Å²) >= 11 is 0. The van der Waals surface area contributed by atoms with Gasteiger partial charge in [-0.1, -0.05) is 0 Å². The number of ether oxygens (including phenoxy) is 1. The second kappa shape index (κ2) is 3.46. The van der Waals surface area contributed by atoms with Gasteiger partial charge in [-0.3, -0.25) is 4.57 Å². The van der Waals surface area contributed by atoms with Crippen molar-refractivity contribution in [2.45, 2.75) is 18.5 Å². The van der Waals surface area contributed by atoms with Crippen LogP contribution in [0.15, 0.2) is 11.1 Å². The SMILES string of the molecule is O=c1n(C2CNC2)cnn1[C@@H]1CCOC1. The van der Waals surface area contributed by atoms with E-state index >= 15 is 0 Å². The van der Waals surface area contributed by atoms with Gasteiger partial charge in [0.15, 0.2) is 0 Å². The number of nitrogens with one attached hydrogen (secondary N) is 1. The van der Waals surface area contributed by atoms with Gasteiger partial charge in [-0.2, -0.15) is 5.10 Å². The Bertz CT molecular complexity index is 400. The molecule has 0 aliphatic carbocycles. The summed E-state index contributed by atoms with van der Waals surface area (Å²) in [4.78, 5) is 12.0. The second-order valence-electron chi connectivity index (χ2n) is 4.09. The molecular weight excluding hydrogens is 196 g/mol. The topological polar surface area (TPSA) is 61.1 Å². The van der Waals surface area contributed by atoms with Gasteiger partial charge >= 0.3 is 5.69 Å². The highest BCUT2D eigenvalue weighted by Gasteiger charge is 2.25. The zero-order valence-electron chi connectivity index (χ0n) is 8.43. The van der Waals surface area contributed by atoms with Gasteiger partial charge in [0, 0.05) is 19.7 Å². The van der Waals surface area contributed by atoms with Crippen LogP contribution in [0.2, 0.25) is 0 Å². The van der Waals surface area contributed by atoms with Crippen LogP contribution in [-0.4, -0.2) is 40.7 Å². The van der Waals surface area contributed by atoms with Gasteiger partial charge < -0.3 is 10.1 Å². The lowest BCUT2D eigenvalue weighted by molar-refractivity contribution is 0.183. The number of hydrogen-bond donors (Lipinski definition) is 1. The smallest absolute Gasteiger partial charge is 0.346 e. The fourth-order valence-electron chi connectivity index (χ4n) is 2.01. The average molecular weight is 210 g/mol. The summed E-state index contributed by atoms with van der Waals surface area (Å²) in [7, 11) is 0. The Morgan fingerprint density at radius 3 is 2.93 bits per heavy atom. The highest BCUT2D eigenvalue weighted by molar-refractivity contribution is 4.87. The molecule has 1 N–H and O–H groups in total. The molecule has 3 heterocycles. The molecule has 1 atom stereocenters. The lowest BCUT2D eigenvalue weighted by Crippen LogP contribution is -2.47. The molecular formula is C9H14N4O2. The number of aromatic nitrogens is 3. The molecule has 6 nitrogen and oxygen atoms in total. The van der Waals surface area contributed by atoms with Crippen molar-refractivity contribution in [2.24, 2.45) is 0 Å². The van der Waals surface area contributed by atoms with E-state index in [1.54, 1.807) is 15.6 Å². The molecule has 2 aliphatic rings. The predicted octanol–water partition coefficient (Wildman–Crippen LogP) is -0.850. The van der Waals surface area contributed by atoms with Crippen LogP contribution in [0.5, 0.6) is 0 Å². The highest BCUT2D eigenvalue weighted by Crippen LogP contribution is 2.16. The van der Waals surface area contributed by atoms with Crippen LogP contribution in [0.4, 0.5) is 0 Å². The van der Waals surface area contributed by atoms with Crippen LogP contribution < -0.4 is 11.0 Å². The number of nitrogens with zero attached hydrogens (tertiary/aromatic N) is 3. The Kier molecular flexibility index (Phi) is 2.10. The fraction of sp³-hybridized carbons (Fsp3) is 0.778. The minimum atomic E-state index is -0.00278. The van der Waals surface area contributed by atoms with Crippen LogP contribution in [0.25, 0.3) is 0 Å². The van der Waals surface area contributed by atoms with Gasteiger partial charge in [0.05, 0.1) is 18.7 Å². The summed E-state index contributed by atoms with van der Waals surface area (Å²) in [5, 5.41) is 7.30. The molecule has 0 unspecified atom stereocenters. The minimum Gasteiger partial charge on any atom is -0.379 e. The quantitative estimate of drug-likeness (QED) is 0.690. The number of rotatable bonds is 2.